The second kappa shape index (κ2) is 5.07. The molecular weight excluding hydrogens is 347 g/mol. The summed E-state index contributed by atoms with van der Waals surface area (Å²) < 4.78 is 14.0. The molecule has 2 N–H and O–H groups in total. The predicted octanol–water partition coefficient (Wildman–Crippen LogP) is 4.09. The lowest BCUT2D eigenvalue weighted by Crippen LogP contribution is -1.99. The molecule has 3 nitrogen and oxygen atoms in total. The minimum absolute atomic E-state index is 0.266. The Kier molecular flexibility index (Phi) is 3.40. The Balaban J connectivity index is 2.04. The molecular formula is C14H9BrClFN2O. The molecule has 1 unspecified atom stereocenters. The van der Waals surface area contributed by atoms with Gasteiger partial charge in [0.1, 0.15) is 5.82 Å². The number of rotatable bonds is 2. The van der Waals surface area contributed by atoms with E-state index in [0.29, 0.717) is 21.1 Å². The van der Waals surface area contributed by atoms with Crippen LogP contribution in [0.3, 0.4) is 0 Å². The van der Waals surface area contributed by atoms with Crippen LogP contribution in [0.5, 0.6) is 0 Å². The van der Waals surface area contributed by atoms with E-state index in [4.69, 9.17) is 11.6 Å². The topological polar surface area (TPSA) is 48.6 Å². The summed E-state index contributed by atoms with van der Waals surface area (Å²) in [6.07, 6.45) is 0. The van der Waals surface area contributed by atoms with Gasteiger partial charge in [0.05, 0.1) is 20.9 Å². The standard InChI is InChI=1S/C14H9BrClFN2O/c15-9-3-1-7(5-10(9)17)13(16)8-2-4-11-12(6-8)19-14(20)18-11/h1-6,13H,(H2,18,19,20). The van der Waals surface area contributed by atoms with Crippen molar-refractivity contribution in [3.63, 3.8) is 0 Å². The van der Waals surface area contributed by atoms with E-state index in [2.05, 4.69) is 25.9 Å². The first-order valence-corrected chi connectivity index (χ1v) is 7.08. The Labute approximate surface area is 126 Å². The maximum atomic E-state index is 13.6. The Morgan fingerprint density at radius 1 is 1.05 bits per heavy atom. The van der Waals surface area contributed by atoms with E-state index >= 15 is 0 Å². The monoisotopic (exact) mass is 354 g/mol. The highest BCUT2D eigenvalue weighted by Crippen LogP contribution is 2.31. The first-order valence-electron chi connectivity index (χ1n) is 5.85. The molecule has 0 spiro atoms. The summed E-state index contributed by atoms with van der Waals surface area (Å²) >= 11 is 9.49. The summed E-state index contributed by atoms with van der Waals surface area (Å²) in [5.41, 5.74) is 2.57. The average Bonchev–Trinajstić information content (AvgIpc) is 2.80. The van der Waals surface area contributed by atoms with E-state index < -0.39 is 5.38 Å². The Hall–Kier alpha value is -1.59. The molecule has 20 heavy (non-hydrogen) atoms. The Morgan fingerprint density at radius 2 is 1.70 bits per heavy atom. The second-order valence-corrected chi connectivity index (χ2v) is 5.71. The van der Waals surface area contributed by atoms with Gasteiger partial charge in [-0.25, -0.2) is 9.18 Å². The number of hydrogen-bond donors (Lipinski definition) is 2. The molecule has 2 aromatic carbocycles. The van der Waals surface area contributed by atoms with Crippen LogP contribution < -0.4 is 5.69 Å². The van der Waals surface area contributed by atoms with E-state index in [1.165, 1.54) is 6.07 Å². The third-order valence-electron chi connectivity index (χ3n) is 3.07. The maximum Gasteiger partial charge on any atom is 0.323 e. The van der Waals surface area contributed by atoms with Crippen LogP contribution in [0.25, 0.3) is 11.0 Å². The van der Waals surface area contributed by atoms with E-state index in [9.17, 15) is 9.18 Å². The summed E-state index contributed by atoms with van der Waals surface area (Å²) in [6.45, 7) is 0. The summed E-state index contributed by atoms with van der Waals surface area (Å²) in [5, 5.41) is -0.486. The van der Waals surface area contributed by atoms with Crippen LogP contribution in [-0.2, 0) is 0 Å². The number of aromatic nitrogens is 2. The molecule has 0 radical (unpaired) electrons. The molecule has 1 heterocycles. The molecule has 0 aliphatic carbocycles. The predicted molar refractivity (Wildman–Crippen MR) is 80.7 cm³/mol. The van der Waals surface area contributed by atoms with Crippen molar-refractivity contribution in [1.82, 2.24) is 9.97 Å². The van der Waals surface area contributed by atoms with Gasteiger partial charge in [-0.2, -0.15) is 0 Å². The van der Waals surface area contributed by atoms with Crippen LogP contribution in [0.15, 0.2) is 45.7 Å². The van der Waals surface area contributed by atoms with E-state index in [1.54, 1.807) is 24.3 Å². The highest BCUT2D eigenvalue weighted by Gasteiger charge is 2.13. The van der Waals surface area contributed by atoms with Crippen LogP contribution in [0.2, 0.25) is 0 Å². The van der Waals surface area contributed by atoms with Crippen molar-refractivity contribution in [3.8, 4) is 0 Å². The number of benzene rings is 2. The van der Waals surface area contributed by atoms with Gasteiger partial charge in [0.25, 0.3) is 0 Å². The first kappa shape index (κ1) is 13.4. The lowest BCUT2D eigenvalue weighted by atomic mass is 10.0. The summed E-state index contributed by atoms with van der Waals surface area (Å²) in [6, 6.07) is 10.1. The van der Waals surface area contributed by atoms with E-state index in [-0.39, 0.29) is 11.5 Å². The second-order valence-electron chi connectivity index (χ2n) is 4.42. The molecule has 102 valence electrons. The highest BCUT2D eigenvalue weighted by atomic mass is 79.9. The van der Waals surface area contributed by atoms with Gasteiger partial charge in [-0.1, -0.05) is 12.1 Å². The van der Waals surface area contributed by atoms with Crippen molar-refractivity contribution < 1.29 is 4.39 Å². The van der Waals surface area contributed by atoms with Gasteiger partial charge < -0.3 is 9.97 Å². The molecule has 1 aromatic heterocycles. The lowest BCUT2D eigenvalue weighted by molar-refractivity contribution is 0.619. The van der Waals surface area contributed by atoms with Crippen molar-refractivity contribution in [2.45, 2.75) is 5.38 Å². The van der Waals surface area contributed by atoms with Crippen molar-refractivity contribution >= 4 is 38.6 Å². The molecule has 0 aliphatic rings. The minimum Gasteiger partial charge on any atom is -0.306 e. The van der Waals surface area contributed by atoms with E-state index in [1.807, 2.05) is 6.07 Å². The van der Waals surface area contributed by atoms with Crippen molar-refractivity contribution in [1.29, 1.82) is 0 Å². The molecule has 1 atom stereocenters. The number of imidazole rings is 1. The number of fused-ring (bicyclic) bond motifs is 1. The molecule has 0 fully saturated rings. The lowest BCUT2D eigenvalue weighted by Gasteiger charge is -2.11. The van der Waals surface area contributed by atoms with Gasteiger partial charge in [0.2, 0.25) is 0 Å². The van der Waals surface area contributed by atoms with Crippen molar-refractivity contribution in [2.75, 3.05) is 0 Å². The molecule has 0 amide bonds. The highest BCUT2D eigenvalue weighted by molar-refractivity contribution is 9.10. The van der Waals surface area contributed by atoms with Crippen LogP contribution in [0.4, 0.5) is 4.39 Å². The molecule has 0 aliphatic heterocycles. The fraction of sp³-hybridized carbons (Fsp3) is 0.0714. The zero-order valence-corrected chi connectivity index (χ0v) is 12.4. The maximum absolute atomic E-state index is 13.6. The molecule has 0 saturated carbocycles. The van der Waals surface area contributed by atoms with Gasteiger partial charge in [-0.15, -0.1) is 11.6 Å². The molecule has 6 heteroatoms. The summed E-state index contributed by atoms with van der Waals surface area (Å²) in [5.74, 6) is -0.357. The molecule has 0 bridgehead atoms. The SMILES string of the molecule is O=c1[nH]c2ccc(C(Cl)c3ccc(Br)c(F)c3)cc2[nH]1. The van der Waals surface area contributed by atoms with Gasteiger partial charge >= 0.3 is 5.69 Å². The fourth-order valence-electron chi connectivity index (χ4n) is 2.07. The normalized spacial score (nSPS) is 12.8. The van der Waals surface area contributed by atoms with Gasteiger partial charge in [-0.3, -0.25) is 0 Å². The number of aromatic amines is 2. The number of nitrogens with one attached hydrogen (secondary N) is 2. The Bertz CT molecular complexity index is 843. The quantitative estimate of drug-likeness (QED) is 0.668. The van der Waals surface area contributed by atoms with E-state index in [0.717, 1.165) is 5.56 Å². The number of H-pyrrole nitrogens is 2. The molecule has 3 rings (SSSR count). The summed E-state index contributed by atoms with van der Waals surface area (Å²) in [4.78, 5) is 16.6. The molecule has 3 aromatic rings. The number of alkyl halides is 1. The molecule has 0 saturated heterocycles. The van der Waals surface area contributed by atoms with Crippen molar-refractivity contribution in [2.24, 2.45) is 0 Å². The van der Waals surface area contributed by atoms with Gasteiger partial charge in [-0.05, 0) is 51.3 Å². The summed E-state index contributed by atoms with van der Waals surface area (Å²) in [7, 11) is 0. The average molecular weight is 356 g/mol. The zero-order chi connectivity index (χ0) is 14.3. The smallest absolute Gasteiger partial charge is 0.306 e. The third-order valence-corrected chi connectivity index (χ3v) is 4.22. The van der Waals surface area contributed by atoms with Gasteiger partial charge in [0.15, 0.2) is 0 Å². The fourth-order valence-corrected chi connectivity index (χ4v) is 2.59. The van der Waals surface area contributed by atoms with Crippen LogP contribution in [-0.4, -0.2) is 9.97 Å². The van der Waals surface area contributed by atoms with Crippen molar-refractivity contribution in [3.05, 3.63) is 68.3 Å². The third kappa shape index (κ3) is 2.39. The van der Waals surface area contributed by atoms with Crippen LogP contribution in [0.1, 0.15) is 16.5 Å². The first-order chi connectivity index (χ1) is 9.54. The van der Waals surface area contributed by atoms with Crippen LogP contribution in [0, 0.1) is 5.82 Å². The minimum atomic E-state index is -0.486. The van der Waals surface area contributed by atoms with Crippen LogP contribution >= 0.6 is 27.5 Å². The number of hydrogen-bond acceptors (Lipinski definition) is 1. The Morgan fingerprint density at radius 3 is 2.45 bits per heavy atom. The largest absolute Gasteiger partial charge is 0.323 e. The van der Waals surface area contributed by atoms with Gasteiger partial charge in [0, 0.05) is 0 Å². The zero-order valence-electron chi connectivity index (χ0n) is 10.1. The number of halogens is 3.